The highest BCUT2D eigenvalue weighted by atomic mass is 32.2. The zero-order valence-corrected chi connectivity index (χ0v) is 23.9. The zero-order chi connectivity index (χ0) is 31.6. The van der Waals surface area contributed by atoms with Crippen molar-refractivity contribution in [3.05, 3.63) is 0 Å². The molecular formula is C27H34F6O8S. The normalized spacial score (nSPS) is 34.8. The molecule has 0 heterocycles. The van der Waals surface area contributed by atoms with Crippen LogP contribution in [0.5, 0.6) is 0 Å². The molecule has 0 aromatic heterocycles. The van der Waals surface area contributed by atoms with E-state index in [1.165, 1.54) is 0 Å². The van der Waals surface area contributed by atoms with Crippen LogP contribution in [0.25, 0.3) is 0 Å². The van der Waals surface area contributed by atoms with Crippen LogP contribution >= 0.6 is 0 Å². The number of rotatable bonds is 7. The molecule has 0 bridgehead atoms. The third kappa shape index (κ3) is 5.75. The van der Waals surface area contributed by atoms with Gasteiger partial charge in [0.15, 0.2) is 0 Å². The lowest BCUT2D eigenvalue weighted by molar-refractivity contribution is -0.361. The summed E-state index contributed by atoms with van der Waals surface area (Å²) in [5, 5.41) is 0. The number of ether oxygens (including phenoxy) is 1. The number of halogens is 6. The van der Waals surface area contributed by atoms with Crippen LogP contribution < -0.4 is 0 Å². The maximum absolute atomic E-state index is 13.5. The number of fused-ring (bicyclic) bond motifs is 5. The van der Waals surface area contributed by atoms with Crippen LogP contribution in [0.2, 0.25) is 0 Å². The van der Waals surface area contributed by atoms with Crippen molar-refractivity contribution in [3.8, 4) is 0 Å². The van der Waals surface area contributed by atoms with Gasteiger partial charge in [-0.3, -0.25) is 23.7 Å². The number of Topliss-reactive ketones (excluding diaryl/α,β-unsaturated/α-hetero) is 3. The minimum atomic E-state index is -6.40. The van der Waals surface area contributed by atoms with Crippen molar-refractivity contribution >= 4 is 33.4 Å². The molecule has 4 rings (SSSR count). The van der Waals surface area contributed by atoms with E-state index in [4.69, 9.17) is 4.55 Å². The summed E-state index contributed by atoms with van der Waals surface area (Å²) in [5.41, 5.74) is -5.79. The van der Waals surface area contributed by atoms with Gasteiger partial charge in [-0.1, -0.05) is 13.8 Å². The van der Waals surface area contributed by atoms with Gasteiger partial charge in [-0.2, -0.15) is 34.8 Å². The van der Waals surface area contributed by atoms with Gasteiger partial charge in [0.1, 0.15) is 23.1 Å². The van der Waals surface area contributed by atoms with E-state index in [0.717, 1.165) is 0 Å². The van der Waals surface area contributed by atoms with Crippen molar-refractivity contribution in [2.24, 2.45) is 46.8 Å². The molecule has 0 radical (unpaired) electrons. The summed E-state index contributed by atoms with van der Waals surface area (Å²) in [6, 6.07) is 0. The second kappa shape index (κ2) is 10.8. The van der Waals surface area contributed by atoms with Crippen molar-refractivity contribution in [2.75, 3.05) is 5.75 Å². The monoisotopic (exact) mass is 632 g/mol. The Bertz CT molecular complexity index is 1230. The van der Waals surface area contributed by atoms with Crippen LogP contribution in [-0.4, -0.2) is 60.0 Å². The summed E-state index contributed by atoms with van der Waals surface area (Å²) in [6.45, 7) is 3.66. The molecular weight excluding hydrogens is 598 g/mol. The number of alkyl halides is 6. The van der Waals surface area contributed by atoms with Gasteiger partial charge in [0, 0.05) is 43.9 Å². The smallest absolute Gasteiger partial charge is 0.438 e. The third-order valence-corrected chi connectivity index (χ3v) is 11.4. The Morgan fingerprint density at radius 3 is 2.17 bits per heavy atom. The fourth-order valence-corrected chi connectivity index (χ4v) is 9.29. The van der Waals surface area contributed by atoms with E-state index in [1.54, 1.807) is 6.92 Å². The van der Waals surface area contributed by atoms with Crippen LogP contribution in [-0.2, 0) is 34.0 Å². The maximum atomic E-state index is 13.5. The number of hydrogen-bond acceptors (Lipinski definition) is 7. The second-order valence-corrected chi connectivity index (χ2v) is 14.3. The lowest BCUT2D eigenvalue weighted by Gasteiger charge is -2.56. The number of ketones is 3. The van der Waals surface area contributed by atoms with Crippen molar-refractivity contribution < 1.29 is 63.2 Å². The van der Waals surface area contributed by atoms with Crippen LogP contribution in [0.3, 0.4) is 0 Å². The molecule has 238 valence electrons. The molecule has 0 saturated heterocycles. The Morgan fingerprint density at radius 2 is 1.60 bits per heavy atom. The molecule has 8 nitrogen and oxygen atoms in total. The Balaban J connectivity index is 1.47. The molecule has 42 heavy (non-hydrogen) atoms. The fourth-order valence-electron chi connectivity index (χ4n) is 8.39. The zero-order valence-electron chi connectivity index (χ0n) is 23.1. The van der Waals surface area contributed by atoms with E-state index in [9.17, 15) is 53.9 Å². The predicted octanol–water partition coefficient (Wildman–Crippen LogP) is 4.89. The molecule has 1 N–H and O–H groups in total. The van der Waals surface area contributed by atoms with E-state index in [2.05, 4.69) is 4.74 Å². The minimum Gasteiger partial charge on any atom is -0.438 e. The topological polar surface area (TPSA) is 132 Å². The Hall–Kier alpha value is -2.03. The molecule has 0 spiro atoms. The van der Waals surface area contributed by atoms with Crippen molar-refractivity contribution in [1.29, 1.82) is 0 Å². The van der Waals surface area contributed by atoms with Crippen molar-refractivity contribution in [2.45, 2.75) is 89.6 Å². The SMILES string of the molecule is CC(CCC(=O)OC(CS(=O)(=O)O)(C(F)(F)F)C(F)(F)F)C1CCC2C1C(=O)CC1C2C(=O)CC2CC(=O)CCC21C. The molecule has 4 aliphatic rings. The van der Waals surface area contributed by atoms with Crippen LogP contribution in [0, 0.1) is 46.8 Å². The second-order valence-electron chi connectivity index (χ2n) is 12.9. The molecule has 0 amide bonds. The molecule has 0 aliphatic heterocycles. The first-order valence-corrected chi connectivity index (χ1v) is 15.6. The summed E-state index contributed by atoms with van der Waals surface area (Å²) < 4.78 is 116. The van der Waals surface area contributed by atoms with Gasteiger partial charge in [0.2, 0.25) is 0 Å². The van der Waals surface area contributed by atoms with E-state index >= 15 is 0 Å². The molecule has 4 saturated carbocycles. The van der Waals surface area contributed by atoms with E-state index < -0.39 is 58.1 Å². The van der Waals surface area contributed by atoms with Gasteiger partial charge < -0.3 is 4.74 Å². The van der Waals surface area contributed by atoms with E-state index in [-0.39, 0.29) is 71.6 Å². The molecule has 8 atom stereocenters. The number of carbonyl (C=O) groups excluding carboxylic acids is 4. The Kier molecular flexibility index (Phi) is 8.49. The van der Waals surface area contributed by atoms with E-state index in [0.29, 0.717) is 32.1 Å². The Labute approximate surface area is 239 Å². The number of carbonyl (C=O) groups is 4. The van der Waals surface area contributed by atoms with Gasteiger partial charge in [-0.25, -0.2) is 0 Å². The lowest BCUT2D eigenvalue weighted by Crippen LogP contribution is -2.63. The first-order valence-electron chi connectivity index (χ1n) is 14.0. The molecule has 8 unspecified atom stereocenters. The fraction of sp³-hybridized carbons (Fsp3) is 0.852. The molecule has 0 aromatic rings. The van der Waals surface area contributed by atoms with Gasteiger partial charge in [-0.05, 0) is 60.7 Å². The lowest BCUT2D eigenvalue weighted by atomic mass is 9.46. The first kappa shape index (κ1) is 32.9. The quantitative estimate of drug-likeness (QED) is 0.238. The number of esters is 1. The van der Waals surface area contributed by atoms with Gasteiger partial charge >= 0.3 is 23.9 Å². The molecule has 0 aromatic carbocycles. The average Bonchev–Trinajstić information content (AvgIpc) is 3.27. The highest BCUT2D eigenvalue weighted by Crippen LogP contribution is 2.62. The van der Waals surface area contributed by atoms with E-state index in [1.807, 2.05) is 6.92 Å². The van der Waals surface area contributed by atoms with Crippen LogP contribution in [0.15, 0.2) is 0 Å². The van der Waals surface area contributed by atoms with Crippen LogP contribution in [0.4, 0.5) is 26.3 Å². The third-order valence-electron chi connectivity index (χ3n) is 10.6. The summed E-state index contributed by atoms with van der Waals surface area (Å²) in [5.74, 6) is -7.22. The maximum Gasteiger partial charge on any atom is 0.438 e. The van der Waals surface area contributed by atoms with Crippen molar-refractivity contribution in [3.63, 3.8) is 0 Å². The van der Waals surface area contributed by atoms with Gasteiger partial charge in [0.25, 0.3) is 10.1 Å². The molecule has 15 heteroatoms. The van der Waals surface area contributed by atoms with Gasteiger partial charge in [-0.15, -0.1) is 0 Å². The predicted molar refractivity (Wildman–Crippen MR) is 132 cm³/mol. The van der Waals surface area contributed by atoms with Crippen molar-refractivity contribution in [1.82, 2.24) is 0 Å². The Morgan fingerprint density at radius 1 is 1.00 bits per heavy atom. The summed E-state index contributed by atoms with van der Waals surface area (Å²) >= 11 is 0. The summed E-state index contributed by atoms with van der Waals surface area (Å²) in [7, 11) is -5.89. The van der Waals surface area contributed by atoms with Gasteiger partial charge in [0.05, 0.1) is 0 Å². The highest BCUT2D eigenvalue weighted by molar-refractivity contribution is 7.85. The summed E-state index contributed by atoms with van der Waals surface area (Å²) in [4.78, 5) is 51.2. The number of hydrogen-bond donors (Lipinski definition) is 1. The molecule has 4 fully saturated rings. The first-order chi connectivity index (χ1) is 19.1. The average molecular weight is 633 g/mol. The highest BCUT2D eigenvalue weighted by Gasteiger charge is 2.76. The summed E-state index contributed by atoms with van der Waals surface area (Å²) in [6.07, 6.45) is -11.2. The standard InChI is InChI=1S/C27H34F6O8S/c1-13(3-6-21(37)41-25(26(28,29)30,27(31,32)33)12-42(38,39)40)16-4-5-17-22(16)20(36)11-18-23(17)19(35)10-14-9-15(34)7-8-24(14,18)2/h13-14,16-18,22-23H,3-12H2,1-2H3,(H,38,39,40). The largest absolute Gasteiger partial charge is 0.438 e. The van der Waals surface area contributed by atoms with Crippen LogP contribution in [0.1, 0.15) is 71.6 Å². The molecule has 4 aliphatic carbocycles. The minimum absolute atomic E-state index is 0.0195.